The van der Waals surface area contributed by atoms with Crippen molar-refractivity contribution in [2.24, 2.45) is 28.6 Å². The third kappa shape index (κ3) is 3.70. The van der Waals surface area contributed by atoms with E-state index in [0.29, 0.717) is 23.2 Å². The lowest BCUT2D eigenvalue weighted by molar-refractivity contribution is 0.0401. The zero-order valence-electron chi connectivity index (χ0n) is 22.3. The van der Waals surface area contributed by atoms with Crippen LogP contribution in [0.25, 0.3) is 0 Å². The molecule has 1 aromatic rings. The highest BCUT2D eigenvalue weighted by atomic mass is 14.6. The molecule has 37 heavy (non-hydrogen) atoms. The normalized spacial score (nSPS) is 38.4. The highest BCUT2D eigenvalue weighted by Crippen LogP contribution is 2.69. The van der Waals surface area contributed by atoms with Crippen molar-refractivity contribution in [2.75, 3.05) is 0 Å². The topological polar surface area (TPSA) is 0 Å². The fourth-order valence-corrected chi connectivity index (χ4v) is 9.61. The van der Waals surface area contributed by atoms with Crippen LogP contribution < -0.4 is 0 Å². The maximum Gasteiger partial charge on any atom is 0.0134 e. The van der Waals surface area contributed by atoms with E-state index in [1.54, 1.807) is 22.3 Å². The first-order valence-electron chi connectivity index (χ1n) is 15.1. The van der Waals surface area contributed by atoms with Crippen molar-refractivity contribution < 1.29 is 0 Å². The minimum Gasteiger partial charge on any atom is -0.0885 e. The van der Waals surface area contributed by atoms with E-state index in [1.807, 2.05) is 0 Å². The molecule has 2 saturated carbocycles. The van der Waals surface area contributed by atoms with Gasteiger partial charge in [0.2, 0.25) is 0 Å². The van der Waals surface area contributed by atoms with E-state index in [-0.39, 0.29) is 5.41 Å². The van der Waals surface area contributed by atoms with Gasteiger partial charge < -0.3 is 0 Å². The maximum absolute atomic E-state index is 2.64. The number of fused-ring (bicyclic) bond motifs is 4. The second-order valence-corrected chi connectivity index (χ2v) is 12.5. The molecular formula is C37H42. The van der Waals surface area contributed by atoms with Crippen LogP contribution in [0.2, 0.25) is 0 Å². The van der Waals surface area contributed by atoms with Crippen LogP contribution in [0, 0.1) is 28.6 Å². The van der Waals surface area contributed by atoms with E-state index in [1.165, 1.54) is 70.6 Å². The molecule has 0 radical (unpaired) electrons. The summed E-state index contributed by atoms with van der Waals surface area (Å²) in [5.41, 5.74) is 7.35. The lowest BCUT2D eigenvalue weighted by atomic mass is 9.42. The average molecular weight is 487 g/mol. The number of rotatable bonds is 3. The van der Waals surface area contributed by atoms with Gasteiger partial charge in [0.1, 0.15) is 0 Å². The van der Waals surface area contributed by atoms with Crippen LogP contribution in [-0.2, 0) is 0 Å². The van der Waals surface area contributed by atoms with Gasteiger partial charge in [-0.25, -0.2) is 0 Å². The molecule has 2 fully saturated rings. The van der Waals surface area contributed by atoms with Gasteiger partial charge in [0.15, 0.2) is 0 Å². The van der Waals surface area contributed by atoms with Crippen LogP contribution in [0.4, 0.5) is 0 Å². The molecule has 190 valence electrons. The Labute approximate surface area is 224 Å². The predicted octanol–water partition coefficient (Wildman–Crippen LogP) is 9.97. The standard InChI is InChI=1S/C37H42/c1-4-14-28(15-5-1)31-24-25-36(33-21-11-10-20-32(31)33)26-27-37(29-16-6-2-7-17-29,30-18-8-3-9-19-30)35-23-13-12-22-34(35)36/h1-2,4-6,8,10-15,18-19,21-22,29,31-32,35H,3,7,9,16-17,20,23-27H2. The van der Waals surface area contributed by atoms with Gasteiger partial charge in [-0.15, -0.1) is 0 Å². The third-order valence-corrected chi connectivity index (χ3v) is 11.2. The quantitative estimate of drug-likeness (QED) is 0.373. The van der Waals surface area contributed by atoms with Crippen LogP contribution in [0.5, 0.6) is 0 Å². The minimum atomic E-state index is 0.253. The van der Waals surface area contributed by atoms with Crippen LogP contribution in [0.15, 0.2) is 114 Å². The van der Waals surface area contributed by atoms with Gasteiger partial charge in [0, 0.05) is 10.8 Å². The van der Waals surface area contributed by atoms with Crippen molar-refractivity contribution in [3.63, 3.8) is 0 Å². The molecule has 6 aliphatic rings. The molecule has 6 aliphatic carbocycles. The van der Waals surface area contributed by atoms with E-state index >= 15 is 0 Å². The van der Waals surface area contributed by atoms with Gasteiger partial charge in [-0.3, -0.25) is 0 Å². The minimum absolute atomic E-state index is 0.253. The van der Waals surface area contributed by atoms with E-state index < -0.39 is 0 Å². The first-order chi connectivity index (χ1) is 18.3. The zero-order valence-corrected chi connectivity index (χ0v) is 22.3. The molecular weight excluding hydrogens is 444 g/mol. The summed E-state index contributed by atoms with van der Waals surface area (Å²) in [4.78, 5) is 0. The maximum atomic E-state index is 2.64. The van der Waals surface area contributed by atoms with Crippen LogP contribution in [0.1, 0.15) is 82.1 Å². The fraction of sp³-hybridized carbons (Fsp3) is 0.459. The lowest BCUT2D eigenvalue weighted by Crippen LogP contribution is -2.52. The molecule has 0 saturated heterocycles. The average Bonchev–Trinajstić information content (AvgIpc) is 2.99. The molecule has 0 N–H and O–H groups in total. The summed E-state index contributed by atoms with van der Waals surface area (Å²) in [6, 6.07) is 11.4. The van der Waals surface area contributed by atoms with Crippen molar-refractivity contribution in [2.45, 2.75) is 76.5 Å². The lowest BCUT2D eigenvalue weighted by Gasteiger charge is -2.61. The van der Waals surface area contributed by atoms with Crippen molar-refractivity contribution in [3.05, 3.63) is 119 Å². The summed E-state index contributed by atoms with van der Waals surface area (Å²) < 4.78 is 0. The Morgan fingerprint density at radius 3 is 2.32 bits per heavy atom. The zero-order chi connectivity index (χ0) is 24.7. The highest BCUT2D eigenvalue weighted by molar-refractivity contribution is 5.49. The molecule has 0 heteroatoms. The molecule has 6 atom stereocenters. The molecule has 0 amide bonds. The van der Waals surface area contributed by atoms with E-state index in [0.717, 1.165) is 5.92 Å². The summed E-state index contributed by atoms with van der Waals surface area (Å²) in [5, 5.41) is 0. The Morgan fingerprint density at radius 1 is 0.649 bits per heavy atom. The van der Waals surface area contributed by atoms with Crippen molar-refractivity contribution in [1.29, 1.82) is 0 Å². The summed E-state index contributed by atoms with van der Waals surface area (Å²) in [6.45, 7) is 0. The second-order valence-electron chi connectivity index (χ2n) is 12.5. The molecule has 0 aliphatic heterocycles. The van der Waals surface area contributed by atoms with E-state index in [4.69, 9.17) is 0 Å². The molecule has 1 aromatic carbocycles. The Morgan fingerprint density at radius 2 is 1.51 bits per heavy atom. The molecule has 0 aromatic heterocycles. The van der Waals surface area contributed by atoms with Crippen molar-refractivity contribution in [3.8, 4) is 0 Å². The van der Waals surface area contributed by atoms with Gasteiger partial charge in [0.25, 0.3) is 0 Å². The number of allylic oxidation sites excluding steroid dienone is 14. The number of hydrogen-bond acceptors (Lipinski definition) is 0. The monoisotopic (exact) mass is 486 g/mol. The second kappa shape index (κ2) is 9.61. The van der Waals surface area contributed by atoms with Crippen LogP contribution >= 0.6 is 0 Å². The SMILES string of the molecule is C1=CCC2C(=C1)C1(CCC2c2ccccc2)CCC(C2=CCCC=C2)(C2CC=CCC2)C2CC=CC=C21. The Hall–Kier alpha value is -2.60. The summed E-state index contributed by atoms with van der Waals surface area (Å²) in [7, 11) is 0. The fourth-order valence-electron chi connectivity index (χ4n) is 9.61. The molecule has 0 bridgehead atoms. The Bertz CT molecular complexity index is 1230. The molecule has 6 unspecified atom stereocenters. The third-order valence-electron chi connectivity index (χ3n) is 11.2. The Kier molecular flexibility index (Phi) is 6.11. The molecule has 7 rings (SSSR count). The van der Waals surface area contributed by atoms with Gasteiger partial charge in [0.05, 0.1) is 0 Å². The smallest absolute Gasteiger partial charge is 0.0134 e. The largest absolute Gasteiger partial charge is 0.0885 e. The van der Waals surface area contributed by atoms with Crippen molar-refractivity contribution >= 4 is 0 Å². The molecule has 0 nitrogen and oxygen atoms in total. The number of benzene rings is 1. The first kappa shape index (κ1) is 23.5. The molecule has 0 heterocycles. The highest BCUT2D eigenvalue weighted by Gasteiger charge is 2.59. The molecule has 1 spiro atoms. The number of hydrogen-bond donors (Lipinski definition) is 0. The first-order valence-corrected chi connectivity index (χ1v) is 15.1. The van der Waals surface area contributed by atoms with Gasteiger partial charge in [-0.05, 0) is 105 Å². The van der Waals surface area contributed by atoms with E-state index in [2.05, 4.69) is 97.2 Å². The van der Waals surface area contributed by atoms with E-state index in [9.17, 15) is 0 Å². The Balaban J connectivity index is 1.32. The van der Waals surface area contributed by atoms with Gasteiger partial charge >= 0.3 is 0 Å². The van der Waals surface area contributed by atoms with Crippen LogP contribution in [0.3, 0.4) is 0 Å². The van der Waals surface area contributed by atoms with Gasteiger partial charge in [-0.2, -0.15) is 0 Å². The summed E-state index contributed by atoms with van der Waals surface area (Å²) >= 11 is 0. The van der Waals surface area contributed by atoms with Crippen molar-refractivity contribution in [1.82, 2.24) is 0 Å². The van der Waals surface area contributed by atoms with Crippen LogP contribution in [-0.4, -0.2) is 0 Å². The summed E-state index contributed by atoms with van der Waals surface area (Å²) in [6.07, 6.45) is 41.5. The van der Waals surface area contributed by atoms with Gasteiger partial charge in [-0.1, -0.05) is 108 Å². The summed E-state index contributed by atoms with van der Waals surface area (Å²) in [5.74, 6) is 2.70. The predicted molar refractivity (Wildman–Crippen MR) is 156 cm³/mol.